The number of carbonyl (C=O) groups excluding carboxylic acids is 1. The first-order valence-electron chi connectivity index (χ1n) is 12.6. The van der Waals surface area contributed by atoms with Crippen molar-refractivity contribution < 1.29 is 13.9 Å². The van der Waals surface area contributed by atoms with Crippen molar-refractivity contribution in [3.63, 3.8) is 0 Å². The molecule has 0 unspecified atom stereocenters. The van der Waals surface area contributed by atoms with Gasteiger partial charge in [-0.05, 0) is 35.9 Å². The van der Waals surface area contributed by atoms with Gasteiger partial charge in [-0.2, -0.15) is 5.10 Å². The summed E-state index contributed by atoms with van der Waals surface area (Å²) < 4.78 is 19.5. The lowest BCUT2D eigenvalue weighted by atomic mass is 9.95. The molecule has 10 heteroatoms. The van der Waals surface area contributed by atoms with E-state index in [4.69, 9.17) is 4.74 Å². The first-order valence-corrected chi connectivity index (χ1v) is 12.6. The van der Waals surface area contributed by atoms with E-state index >= 15 is 0 Å². The Kier molecular flexibility index (Phi) is 6.02. The number of H-pyrrole nitrogens is 2. The molecule has 0 aliphatic rings. The quantitative estimate of drug-likeness (QED) is 0.236. The second kappa shape index (κ2) is 9.57. The molecule has 0 aliphatic heterocycles. The van der Waals surface area contributed by atoms with Gasteiger partial charge in [-0.1, -0.05) is 20.8 Å². The summed E-state index contributed by atoms with van der Waals surface area (Å²) in [6.07, 6.45) is 8.46. The van der Waals surface area contributed by atoms with Crippen LogP contribution in [0.25, 0.3) is 55.6 Å². The minimum absolute atomic E-state index is 0.101. The molecule has 0 saturated carbocycles. The Hall–Kier alpha value is -5.12. The molecule has 5 aromatic heterocycles. The molecule has 0 spiro atoms. The fraction of sp³-hybridized carbons (Fsp3) is 0.167. The number of amides is 1. The topological polar surface area (TPSA) is 121 Å². The number of pyridine rings is 3. The molecule has 0 aliphatic carbocycles. The zero-order chi connectivity index (χ0) is 28.0. The van der Waals surface area contributed by atoms with Gasteiger partial charge in [0.15, 0.2) is 0 Å². The van der Waals surface area contributed by atoms with Crippen LogP contribution >= 0.6 is 0 Å². The monoisotopic (exact) mass is 535 g/mol. The number of fused-ring (bicyclic) bond motifs is 2. The van der Waals surface area contributed by atoms with Gasteiger partial charge in [0, 0.05) is 45.8 Å². The van der Waals surface area contributed by atoms with Crippen LogP contribution in [-0.4, -0.2) is 43.2 Å². The molecule has 6 rings (SSSR count). The van der Waals surface area contributed by atoms with Crippen LogP contribution in [0.3, 0.4) is 0 Å². The highest BCUT2D eigenvalue weighted by molar-refractivity contribution is 6.01. The molecule has 40 heavy (non-hydrogen) atoms. The van der Waals surface area contributed by atoms with E-state index in [1.54, 1.807) is 37.1 Å². The van der Waals surface area contributed by atoms with Gasteiger partial charge in [0.2, 0.25) is 5.91 Å². The van der Waals surface area contributed by atoms with E-state index in [0.29, 0.717) is 28.4 Å². The number of benzene rings is 1. The summed E-state index contributed by atoms with van der Waals surface area (Å²) in [4.78, 5) is 29.1. The van der Waals surface area contributed by atoms with Crippen LogP contribution in [0.2, 0.25) is 0 Å². The molecule has 6 aromatic rings. The van der Waals surface area contributed by atoms with Gasteiger partial charge < -0.3 is 15.0 Å². The maximum absolute atomic E-state index is 14.3. The smallest absolute Gasteiger partial charge is 0.229 e. The van der Waals surface area contributed by atoms with Crippen LogP contribution in [0.1, 0.15) is 20.8 Å². The third kappa shape index (κ3) is 4.64. The first kappa shape index (κ1) is 25.2. The van der Waals surface area contributed by atoms with Gasteiger partial charge in [0.25, 0.3) is 0 Å². The van der Waals surface area contributed by atoms with E-state index in [2.05, 4.69) is 35.5 Å². The number of hydrogen-bond donors (Lipinski definition) is 3. The van der Waals surface area contributed by atoms with Crippen LogP contribution in [-0.2, 0) is 4.79 Å². The standard InChI is InChI=1S/C30H26FN7O2/c1-30(2,3)29(39)35-19-6-17(11-32-12-19)24-10-22-27(15-34-24)37-38-28(22)25-9-21-23(13-33-14-26(21)36-25)16-5-18(31)8-20(7-16)40-4/h5-15,36H,1-4H3,(H,35,39)(H,37,38). The summed E-state index contributed by atoms with van der Waals surface area (Å²) in [5.41, 5.74) is 5.92. The number of methoxy groups -OCH3 is 1. The van der Waals surface area contributed by atoms with Crippen LogP contribution in [0.15, 0.2) is 67.4 Å². The lowest BCUT2D eigenvalue weighted by molar-refractivity contribution is -0.123. The van der Waals surface area contributed by atoms with Crippen molar-refractivity contribution in [2.75, 3.05) is 12.4 Å². The first-order chi connectivity index (χ1) is 19.2. The molecular formula is C30H26FN7O2. The number of nitrogens with zero attached hydrogens (tertiary/aromatic N) is 4. The molecule has 0 radical (unpaired) electrons. The van der Waals surface area contributed by atoms with Crippen LogP contribution in [0, 0.1) is 11.2 Å². The van der Waals surface area contributed by atoms with Crippen LogP contribution < -0.4 is 10.1 Å². The van der Waals surface area contributed by atoms with E-state index in [-0.39, 0.29) is 5.91 Å². The molecule has 0 bridgehead atoms. The van der Waals surface area contributed by atoms with Crippen molar-refractivity contribution in [3.8, 4) is 39.5 Å². The molecule has 5 heterocycles. The third-order valence-electron chi connectivity index (χ3n) is 6.64. The maximum atomic E-state index is 14.3. The number of aromatic amines is 2. The number of aromatic nitrogens is 6. The highest BCUT2D eigenvalue weighted by atomic mass is 19.1. The van der Waals surface area contributed by atoms with Gasteiger partial charge in [0.05, 0.1) is 53.8 Å². The molecule has 0 fully saturated rings. The number of hydrogen-bond acceptors (Lipinski definition) is 6. The molecule has 3 N–H and O–H groups in total. The van der Waals surface area contributed by atoms with Crippen molar-refractivity contribution in [2.24, 2.45) is 5.41 Å². The minimum atomic E-state index is -0.533. The number of rotatable bonds is 5. The lowest BCUT2D eigenvalue weighted by Gasteiger charge is -2.17. The van der Waals surface area contributed by atoms with E-state index in [9.17, 15) is 9.18 Å². The van der Waals surface area contributed by atoms with Crippen molar-refractivity contribution in [3.05, 3.63) is 73.2 Å². The minimum Gasteiger partial charge on any atom is -0.497 e. The average molecular weight is 536 g/mol. The number of anilines is 1. The number of ether oxygens (including phenoxy) is 1. The Morgan fingerprint density at radius 2 is 1.73 bits per heavy atom. The Morgan fingerprint density at radius 3 is 2.52 bits per heavy atom. The zero-order valence-corrected chi connectivity index (χ0v) is 22.3. The predicted octanol–water partition coefficient (Wildman–Crippen LogP) is 6.36. The van der Waals surface area contributed by atoms with Crippen molar-refractivity contribution in [1.29, 1.82) is 0 Å². The second-order valence-corrected chi connectivity index (χ2v) is 10.6. The highest BCUT2D eigenvalue weighted by Gasteiger charge is 2.21. The van der Waals surface area contributed by atoms with E-state index in [1.807, 2.05) is 39.0 Å². The third-order valence-corrected chi connectivity index (χ3v) is 6.64. The van der Waals surface area contributed by atoms with Crippen molar-refractivity contribution in [1.82, 2.24) is 30.1 Å². The molecule has 1 aromatic carbocycles. The molecule has 0 saturated heterocycles. The Labute approximate surface area is 228 Å². The summed E-state index contributed by atoms with van der Waals surface area (Å²) in [6, 6.07) is 10.3. The van der Waals surface area contributed by atoms with E-state index < -0.39 is 11.2 Å². The second-order valence-electron chi connectivity index (χ2n) is 10.6. The number of carbonyl (C=O) groups is 1. The normalized spacial score (nSPS) is 11.7. The van der Waals surface area contributed by atoms with Gasteiger partial charge in [-0.15, -0.1) is 0 Å². The lowest BCUT2D eigenvalue weighted by Crippen LogP contribution is -2.27. The summed E-state index contributed by atoms with van der Waals surface area (Å²) in [5, 5.41) is 12.2. The summed E-state index contributed by atoms with van der Waals surface area (Å²) in [6.45, 7) is 5.56. The maximum Gasteiger partial charge on any atom is 0.229 e. The molecular weight excluding hydrogens is 509 g/mol. The van der Waals surface area contributed by atoms with Crippen molar-refractivity contribution in [2.45, 2.75) is 20.8 Å². The fourth-order valence-electron chi connectivity index (χ4n) is 4.49. The fourth-order valence-corrected chi connectivity index (χ4v) is 4.49. The Morgan fingerprint density at radius 1 is 0.900 bits per heavy atom. The highest BCUT2D eigenvalue weighted by Crippen LogP contribution is 2.35. The van der Waals surface area contributed by atoms with E-state index in [0.717, 1.165) is 38.6 Å². The Bertz CT molecular complexity index is 1900. The SMILES string of the molecule is COc1cc(F)cc(-c2cncc3[nH]c(-c4n[nH]c5cnc(-c6cncc(NC(=O)C(C)(C)C)c6)cc45)cc23)c1. The van der Waals surface area contributed by atoms with Crippen LogP contribution in [0.5, 0.6) is 5.75 Å². The number of halogens is 1. The van der Waals surface area contributed by atoms with Gasteiger partial charge in [-0.25, -0.2) is 4.39 Å². The zero-order valence-electron chi connectivity index (χ0n) is 22.3. The molecule has 1 amide bonds. The molecule has 0 atom stereocenters. The molecule has 200 valence electrons. The molecule has 9 nitrogen and oxygen atoms in total. The van der Waals surface area contributed by atoms with Gasteiger partial charge >= 0.3 is 0 Å². The summed E-state index contributed by atoms with van der Waals surface area (Å²) >= 11 is 0. The number of nitrogens with one attached hydrogen (secondary N) is 3. The van der Waals surface area contributed by atoms with E-state index in [1.165, 1.54) is 19.2 Å². The van der Waals surface area contributed by atoms with Gasteiger partial charge in [-0.3, -0.25) is 24.8 Å². The van der Waals surface area contributed by atoms with Crippen molar-refractivity contribution >= 4 is 33.4 Å². The largest absolute Gasteiger partial charge is 0.497 e. The average Bonchev–Trinajstić information content (AvgIpc) is 3.56. The van der Waals surface area contributed by atoms with Crippen LogP contribution in [0.4, 0.5) is 10.1 Å². The van der Waals surface area contributed by atoms with Gasteiger partial charge in [0.1, 0.15) is 17.3 Å². The Balaban J connectivity index is 1.40. The summed E-state index contributed by atoms with van der Waals surface area (Å²) in [5.74, 6) is -0.0640. The predicted molar refractivity (Wildman–Crippen MR) is 152 cm³/mol. The summed E-state index contributed by atoms with van der Waals surface area (Å²) in [7, 11) is 1.51.